The zero-order chi connectivity index (χ0) is 19.7. The van der Waals surface area contributed by atoms with E-state index in [4.69, 9.17) is 4.74 Å². The number of carboxylic acids is 1. The number of fused-ring (bicyclic) bond motifs is 1. The van der Waals surface area contributed by atoms with Gasteiger partial charge in [0.05, 0.1) is 0 Å². The second-order valence-corrected chi connectivity index (χ2v) is 6.76. The standard InChI is InChI=1S/C17H19F3N2O4/c1-16(2,3)26-15(25)22-12(14(23)24)8-10-9-6-4-5-7-11(9)21-13(10)17(18,19)20/h4-7,12,21H,8H2,1-3H3,(H,22,25)(H,23,24). The molecule has 0 aliphatic carbocycles. The van der Waals surface area contributed by atoms with Gasteiger partial charge in [-0.05, 0) is 32.4 Å². The Kier molecular flexibility index (Phi) is 5.20. The number of alkyl halides is 3. The van der Waals surface area contributed by atoms with Crippen molar-refractivity contribution in [3.8, 4) is 0 Å². The Morgan fingerprint density at radius 1 is 1.23 bits per heavy atom. The van der Waals surface area contributed by atoms with Gasteiger partial charge < -0.3 is 20.1 Å². The molecule has 1 amide bonds. The van der Waals surface area contributed by atoms with Gasteiger partial charge in [0, 0.05) is 17.3 Å². The van der Waals surface area contributed by atoms with Crippen LogP contribution < -0.4 is 5.32 Å². The van der Waals surface area contributed by atoms with Crippen LogP contribution in [0.15, 0.2) is 24.3 Å². The predicted molar refractivity (Wildman–Crippen MR) is 87.8 cm³/mol. The lowest BCUT2D eigenvalue weighted by atomic mass is 10.0. The Labute approximate surface area is 147 Å². The van der Waals surface area contributed by atoms with Gasteiger partial charge in [-0.3, -0.25) is 0 Å². The number of rotatable bonds is 4. The molecule has 2 rings (SSSR count). The molecule has 0 saturated heterocycles. The quantitative estimate of drug-likeness (QED) is 0.763. The number of aliphatic carboxylic acids is 1. The first kappa shape index (κ1) is 19.6. The number of hydrogen-bond acceptors (Lipinski definition) is 3. The van der Waals surface area contributed by atoms with Crippen molar-refractivity contribution in [3.05, 3.63) is 35.5 Å². The van der Waals surface area contributed by atoms with Gasteiger partial charge in [-0.25, -0.2) is 9.59 Å². The van der Waals surface area contributed by atoms with Crippen LogP contribution in [-0.2, 0) is 22.1 Å². The van der Waals surface area contributed by atoms with E-state index in [9.17, 15) is 27.9 Å². The fraction of sp³-hybridized carbons (Fsp3) is 0.412. The number of aromatic amines is 1. The molecule has 0 fully saturated rings. The normalized spacial score (nSPS) is 13.5. The number of alkyl carbamates (subject to hydrolysis) is 1. The Hall–Kier alpha value is -2.71. The van der Waals surface area contributed by atoms with Gasteiger partial charge in [0.25, 0.3) is 0 Å². The van der Waals surface area contributed by atoms with Crippen LogP contribution in [0.4, 0.5) is 18.0 Å². The first-order chi connectivity index (χ1) is 11.9. The van der Waals surface area contributed by atoms with E-state index in [1.54, 1.807) is 32.9 Å². The summed E-state index contributed by atoms with van der Waals surface area (Å²) < 4.78 is 45.0. The third-order valence-electron chi connectivity index (χ3n) is 3.49. The van der Waals surface area contributed by atoms with Crippen LogP contribution in [-0.4, -0.2) is 33.8 Å². The van der Waals surface area contributed by atoms with E-state index in [1.807, 2.05) is 0 Å². The smallest absolute Gasteiger partial charge is 0.431 e. The maximum Gasteiger partial charge on any atom is 0.431 e. The minimum absolute atomic E-state index is 0.225. The van der Waals surface area contributed by atoms with Crippen molar-refractivity contribution in [3.63, 3.8) is 0 Å². The SMILES string of the molecule is CC(C)(C)OC(=O)NC(Cc1c(C(F)(F)F)[nH]c2ccccc12)C(=O)O. The van der Waals surface area contributed by atoms with Crippen LogP contribution in [0, 0.1) is 0 Å². The molecule has 1 aromatic heterocycles. The first-order valence-corrected chi connectivity index (χ1v) is 7.77. The lowest BCUT2D eigenvalue weighted by Gasteiger charge is -2.22. The number of halogens is 3. The number of carbonyl (C=O) groups is 2. The molecule has 0 radical (unpaired) electrons. The highest BCUT2D eigenvalue weighted by Gasteiger charge is 2.38. The molecule has 6 nitrogen and oxygen atoms in total. The van der Waals surface area contributed by atoms with E-state index >= 15 is 0 Å². The summed E-state index contributed by atoms with van der Waals surface area (Å²) in [6.45, 7) is 4.76. The second-order valence-electron chi connectivity index (χ2n) is 6.76. The molecule has 1 aromatic carbocycles. The number of carbonyl (C=O) groups excluding carboxylic acids is 1. The van der Waals surface area contributed by atoms with Crippen molar-refractivity contribution in [2.45, 2.75) is 45.0 Å². The number of amides is 1. The average Bonchev–Trinajstić information content (AvgIpc) is 2.83. The van der Waals surface area contributed by atoms with Crippen molar-refractivity contribution >= 4 is 23.0 Å². The summed E-state index contributed by atoms with van der Waals surface area (Å²) in [7, 11) is 0. The van der Waals surface area contributed by atoms with Crippen LogP contribution in [0.1, 0.15) is 32.0 Å². The van der Waals surface area contributed by atoms with E-state index in [-0.39, 0.29) is 16.5 Å². The molecular formula is C17H19F3N2O4. The van der Waals surface area contributed by atoms with Gasteiger partial charge in [0.15, 0.2) is 0 Å². The molecule has 142 valence electrons. The highest BCUT2D eigenvalue weighted by atomic mass is 19.4. The summed E-state index contributed by atoms with van der Waals surface area (Å²) in [5, 5.41) is 11.7. The van der Waals surface area contributed by atoms with Crippen molar-refractivity contribution in [2.24, 2.45) is 0 Å². The number of H-pyrrole nitrogens is 1. The van der Waals surface area contributed by atoms with E-state index in [2.05, 4.69) is 10.3 Å². The molecule has 0 aliphatic heterocycles. The summed E-state index contributed by atoms with van der Waals surface area (Å²) in [5.41, 5.74) is -1.89. The van der Waals surface area contributed by atoms with Gasteiger partial charge in [-0.15, -0.1) is 0 Å². The van der Waals surface area contributed by atoms with Crippen molar-refractivity contribution in [2.75, 3.05) is 0 Å². The number of para-hydroxylation sites is 1. The number of ether oxygens (including phenoxy) is 1. The van der Waals surface area contributed by atoms with Crippen LogP contribution in [0.2, 0.25) is 0 Å². The molecule has 0 spiro atoms. The monoisotopic (exact) mass is 372 g/mol. The predicted octanol–water partition coefficient (Wildman–Crippen LogP) is 3.71. The summed E-state index contributed by atoms with van der Waals surface area (Å²) in [4.78, 5) is 25.6. The molecule has 0 aliphatic rings. The summed E-state index contributed by atoms with van der Waals surface area (Å²) >= 11 is 0. The molecule has 3 N–H and O–H groups in total. The number of nitrogens with one attached hydrogen (secondary N) is 2. The maximum atomic E-state index is 13.3. The average molecular weight is 372 g/mol. The van der Waals surface area contributed by atoms with Crippen LogP contribution >= 0.6 is 0 Å². The highest BCUT2D eigenvalue weighted by molar-refractivity contribution is 5.87. The maximum absolute atomic E-state index is 13.3. The van der Waals surface area contributed by atoms with Gasteiger partial charge in [-0.2, -0.15) is 13.2 Å². The molecule has 0 bridgehead atoms. The van der Waals surface area contributed by atoms with Gasteiger partial charge in [0.2, 0.25) is 0 Å². The van der Waals surface area contributed by atoms with Crippen LogP contribution in [0.3, 0.4) is 0 Å². The van der Waals surface area contributed by atoms with Crippen molar-refractivity contribution in [1.82, 2.24) is 10.3 Å². The highest BCUT2D eigenvalue weighted by Crippen LogP contribution is 2.36. The van der Waals surface area contributed by atoms with Crippen LogP contribution in [0.25, 0.3) is 10.9 Å². The lowest BCUT2D eigenvalue weighted by molar-refractivity contribution is -0.143. The first-order valence-electron chi connectivity index (χ1n) is 7.77. The molecule has 0 saturated carbocycles. The molecule has 1 atom stereocenters. The third kappa shape index (κ3) is 4.68. The van der Waals surface area contributed by atoms with E-state index in [0.29, 0.717) is 0 Å². The van der Waals surface area contributed by atoms with Gasteiger partial charge in [-0.1, -0.05) is 18.2 Å². The molecular weight excluding hydrogens is 353 g/mol. The fourth-order valence-corrected chi connectivity index (χ4v) is 2.51. The van der Waals surface area contributed by atoms with E-state index in [0.717, 1.165) is 0 Å². The minimum Gasteiger partial charge on any atom is -0.480 e. The summed E-state index contributed by atoms with van der Waals surface area (Å²) in [6, 6.07) is 4.46. The summed E-state index contributed by atoms with van der Waals surface area (Å²) in [5.74, 6) is -1.46. The second kappa shape index (κ2) is 6.89. The van der Waals surface area contributed by atoms with Crippen molar-refractivity contribution < 1.29 is 32.6 Å². The Balaban J connectivity index is 2.37. The zero-order valence-corrected chi connectivity index (χ0v) is 14.4. The lowest BCUT2D eigenvalue weighted by Crippen LogP contribution is -2.44. The van der Waals surface area contributed by atoms with Gasteiger partial charge >= 0.3 is 18.2 Å². The van der Waals surface area contributed by atoms with Crippen molar-refractivity contribution in [1.29, 1.82) is 0 Å². The number of carboxylic acid groups (broad SMARTS) is 1. The fourth-order valence-electron chi connectivity index (χ4n) is 2.51. The molecule has 26 heavy (non-hydrogen) atoms. The van der Waals surface area contributed by atoms with Gasteiger partial charge in [0.1, 0.15) is 17.3 Å². The number of aromatic nitrogens is 1. The Bertz CT molecular complexity index is 822. The Morgan fingerprint density at radius 3 is 2.38 bits per heavy atom. The number of benzene rings is 1. The largest absolute Gasteiger partial charge is 0.480 e. The van der Waals surface area contributed by atoms with E-state index in [1.165, 1.54) is 12.1 Å². The number of hydrogen-bond donors (Lipinski definition) is 3. The van der Waals surface area contributed by atoms with Crippen LogP contribution in [0.5, 0.6) is 0 Å². The zero-order valence-electron chi connectivity index (χ0n) is 14.4. The molecule has 1 heterocycles. The summed E-state index contributed by atoms with van der Waals surface area (Å²) in [6.07, 6.45) is -6.25. The Morgan fingerprint density at radius 2 is 1.85 bits per heavy atom. The molecule has 2 aromatic rings. The molecule has 1 unspecified atom stereocenters. The molecule has 9 heteroatoms. The minimum atomic E-state index is -4.69. The van der Waals surface area contributed by atoms with E-state index < -0.39 is 42.0 Å². The topological polar surface area (TPSA) is 91.4 Å². The third-order valence-corrected chi connectivity index (χ3v) is 3.49.